The van der Waals surface area contributed by atoms with Crippen molar-refractivity contribution >= 4 is 45.5 Å². The van der Waals surface area contributed by atoms with Crippen LogP contribution in [0.1, 0.15) is 35.7 Å². The molecule has 100 valence electrons. The number of halogens is 1. The third-order valence-electron chi connectivity index (χ3n) is 2.86. The molecule has 0 spiro atoms. The van der Waals surface area contributed by atoms with Crippen LogP contribution in [0.25, 0.3) is 0 Å². The van der Waals surface area contributed by atoms with Crippen molar-refractivity contribution in [3.05, 3.63) is 49.7 Å². The number of nitrogens with one attached hydrogen (secondary N) is 1. The number of carbonyl (C=O) groups excluding carboxylic acids is 1. The molecule has 2 nitrogen and oxygen atoms in total. The summed E-state index contributed by atoms with van der Waals surface area (Å²) >= 11 is 3.80. The molecule has 1 aromatic heterocycles. The molecule has 2 rings (SSSR count). The summed E-state index contributed by atoms with van der Waals surface area (Å²) in [5.41, 5.74) is 2.90. The topological polar surface area (TPSA) is 29.1 Å². The van der Waals surface area contributed by atoms with Crippen molar-refractivity contribution in [1.29, 1.82) is 0 Å². The molecule has 1 aromatic carbocycles. The highest BCUT2D eigenvalue weighted by Crippen LogP contribution is 2.18. The fraction of sp³-hybridized carbons (Fsp3) is 0.267. The number of amides is 1. The van der Waals surface area contributed by atoms with Crippen molar-refractivity contribution in [1.82, 2.24) is 0 Å². The van der Waals surface area contributed by atoms with E-state index in [2.05, 4.69) is 47.0 Å². The molecule has 0 aliphatic rings. The minimum atomic E-state index is -0.0412. The number of hydrogen-bond donors (Lipinski definition) is 1. The van der Waals surface area contributed by atoms with Gasteiger partial charge in [-0.25, -0.2) is 0 Å². The summed E-state index contributed by atoms with van der Waals surface area (Å²) in [6.45, 7) is 2.19. The van der Waals surface area contributed by atoms with Crippen LogP contribution < -0.4 is 5.32 Å². The highest BCUT2D eigenvalue weighted by molar-refractivity contribution is 14.1. The highest BCUT2D eigenvalue weighted by Gasteiger charge is 2.07. The van der Waals surface area contributed by atoms with Crippen molar-refractivity contribution in [2.45, 2.75) is 26.2 Å². The lowest BCUT2D eigenvalue weighted by atomic mass is 10.1. The molecule has 1 N–H and O–H groups in total. The fourth-order valence-corrected chi connectivity index (χ4v) is 3.09. The van der Waals surface area contributed by atoms with Crippen molar-refractivity contribution in [3.63, 3.8) is 0 Å². The Labute approximate surface area is 131 Å². The predicted octanol–water partition coefficient (Wildman–Crippen LogP) is 4.95. The van der Waals surface area contributed by atoms with E-state index >= 15 is 0 Å². The van der Waals surface area contributed by atoms with Crippen molar-refractivity contribution in [2.24, 2.45) is 0 Å². The largest absolute Gasteiger partial charge is 0.322 e. The zero-order valence-electron chi connectivity index (χ0n) is 10.8. The third kappa shape index (κ3) is 4.31. The van der Waals surface area contributed by atoms with Gasteiger partial charge in [0.2, 0.25) is 0 Å². The average molecular weight is 385 g/mol. The minimum absolute atomic E-state index is 0.0412. The molecule has 0 radical (unpaired) electrons. The van der Waals surface area contributed by atoms with Crippen molar-refractivity contribution < 1.29 is 4.79 Å². The van der Waals surface area contributed by atoms with E-state index in [4.69, 9.17) is 0 Å². The van der Waals surface area contributed by atoms with Crippen LogP contribution in [0.3, 0.4) is 0 Å². The van der Waals surface area contributed by atoms with Gasteiger partial charge in [0.25, 0.3) is 5.91 Å². The number of rotatable bonds is 5. The lowest BCUT2D eigenvalue weighted by Crippen LogP contribution is -2.10. The molecule has 0 aliphatic carbocycles. The summed E-state index contributed by atoms with van der Waals surface area (Å²) in [6, 6.07) is 10.0. The Morgan fingerprint density at radius 3 is 2.63 bits per heavy atom. The van der Waals surface area contributed by atoms with E-state index in [-0.39, 0.29) is 5.91 Å². The third-order valence-corrected chi connectivity index (χ3v) is 4.65. The molecule has 19 heavy (non-hydrogen) atoms. The van der Waals surface area contributed by atoms with Crippen LogP contribution in [0, 0.1) is 2.88 Å². The Morgan fingerprint density at radius 1 is 1.32 bits per heavy atom. The van der Waals surface area contributed by atoms with Gasteiger partial charge in [0.15, 0.2) is 0 Å². The van der Waals surface area contributed by atoms with Crippen LogP contribution in [0.2, 0.25) is 0 Å². The van der Waals surface area contributed by atoms with Gasteiger partial charge < -0.3 is 5.32 Å². The first-order valence-corrected chi connectivity index (χ1v) is 8.29. The second kappa shape index (κ2) is 7.05. The second-order valence-corrected chi connectivity index (χ2v) is 7.20. The molecule has 0 saturated carbocycles. The summed E-state index contributed by atoms with van der Waals surface area (Å²) in [7, 11) is 0. The molecule has 4 heteroatoms. The van der Waals surface area contributed by atoms with E-state index in [1.807, 2.05) is 23.6 Å². The van der Waals surface area contributed by atoms with E-state index in [9.17, 15) is 4.79 Å². The quantitative estimate of drug-likeness (QED) is 0.726. The van der Waals surface area contributed by atoms with Gasteiger partial charge in [-0.3, -0.25) is 4.79 Å². The van der Waals surface area contributed by atoms with Gasteiger partial charge in [-0.15, -0.1) is 11.3 Å². The number of anilines is 1. The summed E-state index contributed by atoms with van der Waals surface area (Å²) in [6.07, 6.45) is 3.52. The molecule has 0 bridgehead atoms. The Kier molecular flexibility index (Phi) is 5.39. The SMILES string of the molecule is CCCCc1ccc(NC(=O)c2csc(I)c2)cc1. The normalized spacial score (nSPS) is 10.4. The monoisotopic (exact) mass is 385 g/mol. The fourth-order valence-electron chi connectivity index (χ4n) is 1.77. The van der Waals surface area contributed by atoms with E-state index in [1.54, 1.807) is 11.3 Å². The predicted molar refractivity (Wildman–Crippen MR) is 90.0 cm³/mol. The van der Waals surface area contributed by atoms with Crippen LogP contribution in [0.5, 0.6) is 0 Å². The standard InChI is InChI=1S/C15H16INOS/c1-2-3-4-11-5-7-13(8-6-11)17-15(18)12-9-14(16)19-10-12/h5-10H,2-4H2,1H3,(H,17,18). The summed E-state index contributed by atoms with van der Waals surface area (Å²) in [5, 5.41) is 4.80. The molecule has 0 atom stereocenters. The first-order chi connectivity index (χ1) is 9.19. The van der Waals surface area contributed by atoms with Gasteiger partial charge in [-0.2, -0.15) is 0 Å². The summed E-state index contributed by atoms with van der Waals surface area (Å²) < 4.78 is 1.12. The molecule has 1 amide bonds. The van der Waals surface area contributed by atoms with Crippen molar-refractivity contribution in [3.8, 4) is 0 Å². The Morgan fingerprint density at radius 2 is 2.05 bits per heavy atom. The van der Waals surface area contributed by atoms with Gasteiger partial charge in [0.1, 0.15) is 0 Å². The molecule has 1 heterocycles. The second-order valence-electron chi connectivity index (χ2n) is 4.39. The van der Waals surface area contributed by atoms with Gasteiger partial charge >= 0.3 is 0 Å². The number of benzene rings is 1. The van der Waals surface area contributed by atoms with E-state index in [0.717, 1.165) is 20.6 Å². The molecule has 0 saturated heterocycles. The van der Waals surface area contributed by atoms with E-state index < -0.39 is 0 Å². The number of thiophene rings is 1. The summed E-state index contributed by atoms with van der Waals surface area (Å²) in [5.74, 6) is -0.0412. The zero-order chi connectivity index (χ0) is 13.7. The van der Waals surface area contributed by atoms with Gasteiger partial charge in [-0.1, -0.05) is 25.5 Å². The van der Waals surface area contributed by atoms with Gasteiger partial charge in [-0.05, 0) is 59.2 Å². The molecule has 0 aliphatic heterocycles. The number of unbranched alkanes of at least 4 members (excludes halogenated alkanes) is 1. The Bertz CT molecular complexity index is 548. The maximum Gasteiger partial charge on any atom is 0.256 e. The van der Waals surface area contributed by atoms with Gasteiger partial charge in [0.05, 0.1) is 8.45 Å². The van der Waals surface area contributed by atoms with E-state index in [0.29, 0.717) is 0 Å². The average Bonchev–Trinajstić information content (AvgIpc) is 2.85. The Balaban J connectivity index is 1.97. The lowest BCUT2D eigenvalue weighted by Gasteiger charge is -2.05. The first-order valence-electron chi connectivity index (χ1n) is 6.33. The highest BCUT2D eigenvalue weighted by atomic mass is 127. The molecule has 0 unspecified atom stereocenters. The molecule has 0 fully saturated rings. The minimum Gasteiger partial charge on any atom is -0.322 e. The number of aryl methyl sites for hydroxylation is 1. The van der Waals surface area contributed by atoms with Crippen LogP contribution in [0.15, 0.2) is 35.7 Å². The van der Waals surface area contributed by atoms with Crippen molar-refractivity contribution in [2.75, 3.05) is 5.32 Å². The molecule has 2 aromatic rings. The first kappa shape index (κ1) is 14.5. The number of hydrogen-bond acceptors (Lipinski definition) is 2. The van der Waals surface area contributed by atoms with E-state index in [1.165, 1.54) is 18.4 Å². The van der Waals surface area contributed by atoms with Gasteiger partial charge in [0, 0.05) is 11.1 Å². The van der Waals surface area contributed by atoms with Crippen LogP contribution >= 0.6 is 33.9 Å². The Hall–Kier alpha value is -0.880. The molecular formula is C15H16INOS. The molecular weight excluding hydrogens is 369 g/mol. The smallest absolute Gasteiger partial charge is 0.256 e. The van der Waals surface area contributed by atoms with Crippen LogP contribution in [-0.4, -0.2) is 5.91 Å². The van der Waals surface area contributed by atoms with Crippen LogP contribution in [-0.2, 0) is 6.42 Å². The lowest BCUT2D eigenvalue weighted by molar-refractivity contribution is 0.102. The maximum atomic E-state index is 12.0. The van der Waals surface area contributed by atoms with Crippen LogP contribution in [0.4, 0.5) is 5.69 Å². The number of carbonyl (C=O) groups is 1. The zero-order valence-corrected chi connectivity index (χ0v) is 13.8. The maximum absolute atomic E-state index is 12.0. The summed E-state index contributed by atoms with van der Waals surface area (Å²) in [4.78, 5) is 12.0.